The van der Waals surface area contributed by atoms with Crippen LogP contribution in [0.25, 0.3) is 0 Å². The Kier molecular flexibility index (Phi) is 8.46. The zero-order valence-corrected chi connectivity index (χ0v) is 18.9. The lowest BCUT2D eigenvalue weighted by Gasteiger charge is -2.22. The maximum atomic E-state index is 12.9. The van der Waals surface area contributed by atoms with Gasteiger partial charge in [0.25, 0.3) is 0 Å². The van der Waals surface area contributed by atoms with E-state index < -0.39 is 23.4 Å². The van der Waals surface area contributed by atoms with Crippen LogP contribution >= 0.6 is 0 Å². The van der Waals surface area contributed by atoms with Gasteiger partial charge in [0.15, 0.2) is 11.6 Å². The summed E-state index contributed by atoms with van der Waals surface area (Å²) >= 11 is 0. The Balaban J connectivity index is 1.59. The molecule has 1 aliphatic carbocycles. The molecule has 172 valence electrons. The first-order valence-corrected chi connectivity index (χ1v) is 11.9. The van der Waals surface area contributed by atoms with Gasteiger partial charge in [-0.2, -0.15) is 0 Å². The molecule has 0 spiro atoms. The Morgan fingerprint density at radius 1 is 0.750 bits per heavy atom. The van der Waals surface area contributed by atoms with E-state index >= 15 is 0 Å². The predicted octanol–water partition coefficient (Wildman–Crippen LogP) is 6.22. The third-order valence-electron chi connectivity index (χ3n) is 6.37. The number of phenolic OH excluding ortho intramolecular Hbond substituents is 2. The molecular formula is C27H34O5. The molecule has 0 bridgehead atoms. The van der Waals surface area contributed by atoms with Gasteiger partial charge in [-0.1, -0.05) is 95.4 Å². The first kappa shape index (κ1) is 24.0. The number of benzene rings is 2. The second-order valence-corrected chi connectivity index (χ2v) is 8.77. The summed E-state index contributed by atoms with van der Waals surface area (Å²) in [6.45, 7) is 2.22. The molecule has 0 radical (unpaired) electrons. The lowest BCUT2D eigenvalue weighted by Crippen LogP contribution is -2.22. The van der Waals surface area contributed by atoms with E-state index in [2.05, 4.69) is 6.92 Å². The predicted molar refractivity (Wildman–Crippen MR) is 124 cm³/mol. The zero-order chi connectivity index (χ0) is 23.1. The quantitative estimate of drug-likeness (QED) is 0.231. The van der Waals surface area contributed by atoms with Crippen LogP contribution in [-0.4, -0.2) is 26.9 Å². The molecule has 32 heavy (non-hydrogen) atoms. The summed E-state index contributed by atoms with van der Waals surface area (Å²) in [6.07, 6.45) is 11.2. The number of aromatic hydroxyl groups is 2. The fraction of sp³-hybridized carbons (Fsp3) is 0.481. The molecule has 2 aromatic carbocycles. The molecule has 0 saturated carbocycles. The first-order valence-electron chi connectivity index (χ1n) is 11.9. The van der Waals surface area contributed by atoms with Crippen LogP contribution in [-0.2, 0) is 0 Å². The Bertz CT molecular complexity index is 963. The van der Waals surface area contributed by atoms with Crippen molar-refractivity contribution >= 4 is 11.6 Å². The summed E-state index contributed by atoms with van der Waals surface area (Å²) in [7, 11) is 0. The third-order valence-corrected chi connectivity index (χ3v) is 6.37. The van der Waals surface area contributed by atoms with E-state index in [-0.39, 0.29) is 33.6 Å². The van der Waals surface area contributed by atoms with Crippen LogP contribution in [0.4, 0.5) is 0 Å². The monoisotopic (exact) mass is 438 g/mol. The zero-order valence-electron chi connectivity index (χ0n) is 18.9. The van der Waals surface area contributed by atoms with E-state index in [4.69, 9.17) is 0 Å². The molecule has 0 fully saturated rings. The second-order valence-electron chi connectivity index (χ2n) is 8.77. The normalized spacial score (nSPS) is 13.7. The van der Waals surface area contributed by atoms with Crippen LogP contribution in [0.1, 0.15) is 121 Å². The van der Waals surface area contributed by atoms with Gasteiger partial charge in [0.05, 0.1) is 17.2 Å². The molecule has 0 saturated heterocycles. The average Bonchev–Trinajstić information content (AvgIpc) is 2.79. The van der Waals surface area contributed by atoms with Crippen molar-refractivity contribution in [2.24, 2.45) is 0 Å². The number of unbranched alkanes of at least 4 members (excludes halogenated alkanes) is 9. The lowest BCUT2D eigenvalue weighted by molar-refractivity contribution is 0.0972. The number of carbonyl (C=O) groups is 2. The summed E-state index contributed by atoms with van der Waals surface area (Å²) in [5.41, 5.74) is 0.0870. The molecule has 3 rings (SSSR count). The largest absolute Gasteiger partial charge is 0.507 e. The number of aliphatic hydroxyl groups is 1. The van der Waals surface area contributed by atoms with Crippen LogP contribution in [0.5, 0.6) is 11.5 Å². The molecule has 0 heterocycles. The average molecular weight is 439 g/mol. The van der Waals surface area contributed by atoms with Gasteiger partial charge in [0.1, 0.15) is 11.5 Å². The van der Waals surface area contributed by atoms with Crippen LogP contribution < -0.4 is 0 Å². The molecule has 2 aromatic rings. The third kappa shape index (κ3) is 5.21. The van der Waals surface area contributed by atoms with Crippen molar-refractivity contribution in [2.45, 2.75) is 83.7 Å². The van der Waals surface area contributed by atoms with Gasteiger partial charge in [-0.3, -0.25) is 9.59 Å². The van der Waals surface area contributed by atoms with E-state index in [0.29, 0.717) is 6.42 Å². The van der Waals surface area contributed by atoms with Crippen molar-refractivity contribution < 1.29 is 24.9 Å². The summed E-state index contributed by atoms with van der Waals surface area (Å²) in [5.74, 6) is -1.82. The summed E-state index contributed by atoms with van der Waals surface area (Å²) < 4.78 is 0. The van der Waals surface area contributed by atoms with Gasteiger partial charge in [-0.15, -0.1) is 0 Å². The van der Waals surface area contributed by atoms with E-state index in [1.807, 2.05) is 0 Å². The molecule has 0 aliphatic heterocycles. The van der Waals surface area contributed by atoms with Crippen LogP contribution in [0, 0.1) is 0 Å². The number of rotatable bonds is 12. The highest BCUT2D eigenvalue weighted by Crippen LogP contribution is 2.42. The maximum Gasteiger partial charge on any atom is 0.198 e. The first-order chi connectivity index (χ1) is 15.5. The van der Waals surface area contributed by atoms with Crippen LogP contribution in [0.2, 0.25) is 0 Å². The van der Waals surface area contributed by atoms with Gasteiger partial charge in [-0.25, -0.2) is 0 Å². The molecular weight excluding hydrogens is 404 g/mol. The molecule has 5 heteroatoms. The summed E-state index contributed by atoms with van der Waals surface area (Å²) in [6, 6.07) is 7.57. The fourth-order valence-electron chi connectivity index (χ4n) is 4.51. The Morgan fingerprint density at radius 3 is 1.81 bits per heavy atom. The minimum atomic E-state index is -1.01. The molecule has 1 unspecified atom stereocenters. The molecule has 0 amide bonds. The number of hydrogen-bond acceptors (Lipinski definition) is 5. The van der Waals surface area contributed by atoms with Gasteiger partial charge < -0.3 is 15.3 Å². The Morgan fingerprint density at radius 2 is 1.25 bits per heavy atom. The second kappa shape index (κ2) is 11.3. The highest BCUT2D eigenvalue weighted by molar-refractivity contribution is 6.30. The van der Waals surface area contributed by atoms with E-state index in [0.717, 1.165) is 19.3 Å². The van der Waals surface area contributed by atoms with E-state index in [1.54, 1.807) is 12.1 Å². The topological polar surface area (TPSA) is 94.8 Å². The maximum absolute atomic E-state index is 12.9. The summed E-state index contributed by atoms with van der Waals surface area (Å²) in [4.78, 5) is 25.7. The van der Waals surface area contributed by atoms with Gasteiger partial charge in [0.2, 0.25) is 0 Å². The van der Waals surface area contributed by atoms with Crippen molar-refractivity contribution in [1.29, 1.82) is 0 Å². The Labute approximate surface area is 190 Å². The molecule has 0 aromatic heterocycles. The fourth-order valence-corrected chi connectivity index (χ4v) is 4.51. The van der Waals surface area contributed by atoms with Crippen LogP contribution in [0.15, 0.2) is 30.3 Å². The Hall–Kier alpha value is -2.66. The highest BCUT2D eigenvalue weighted by atomic mass is 16.3. The van der Waals surface area contributed by atoms with E-state index in [9.17, 15) is 24.9 Å². The standard InChI is InChI=1S/C27H34O5/c1-2-3-4-5-6-7-8-9-10-11-16-21(28)20-17-22(29)23-24(27(20)32)26(31)19-15-13-12-14-18(19)25(23)30/h12-15,17,21,28-29,32H,2-11,16H2,1H3. The van der Waals surface area contributed by atoms with Gasteiger partial charge in [-0.05, 0) is 12.5 Å². The smallest absolute Gasteiger partial charge is 0.198 e. The van der Waals surface area contributed by atoms with Gasteiger partial charge >= 0.3 is 0 Å². The van der Waals surface area contributed by atoms with Crippen molar-refractivity contribution in [3.8, 4) is 11.5 Å². The highest BCUT2D eigenvalue weighted by Gasteiger charge is 2.36. The van der Waals surface area contributed by atoms with Gasteiger partial charge in [0, 0.05) is 16.7 Å². The summed E-state index contributed by atoms with van der Waals surface area (Å²) in [5, 5.41) is 31.9. The minimum Gasteiger partial charge on any atom is -0.507 e. The molecule has 1 aliphatic rings. The molecule has 3 N–H and O–H groups in total. The van der Waals surface area contributed by atoms with Crippen molar-refractivity contribution in [3.05, 3.63) is 58.1 Å². The van der Waals surface area contributed by atoms with Crippen molar-refractivity contribution in [2.75, 3.05) is 0 Å². The number of ketones is 2. The number of phenols is 2. The minimum absolute atomic E-state index is 0.0951. The molecule has 5 nitrogen and oxygen atoms in total. The van der Waals surface area contributed by atoms with Crippen LogP contribution in [0.3, 0.4) is 0 Å². The lowest BCUT2D eigenvalue weighted by atomic mass is 9.81. The number of hydrogen-bond donors (Lipinski definition) is 3. The van der Waals surface area contributed by atoms with E-state index in [1.165, 1.54) is 63.1 Å². The molecule has 1 atom stereocenters. The van der Waals surface area contributed by atoms with Crippen molar-refractivity contribution in [3.63, 3.8) is 0 Å². The number of carbonyl (C=O) groups excluding carboxylic acids is 2. The SMILES string of the molecule is CCCCCCCCCCCCC(O)c1cc(O)c2c(c1O)C(=O)c1ccccc1C2=O. The van der Waals surface area contributed by atoms with Crippen molar-refractivity contribution in [1.82, 2.24) is 0 Å². The number of aliphatic hydroxyl groups excluding tert-OH is 1. The number of fused-ring (bicyclic) bond motifs is 2.